The third-order valence-electron chi connectivity index (χ3n) is 4.95. The molecule has 1 fully saturated rings. The SMILES string of the molecule is CC(C)(C)C1C(CCc2ccc3cccnc3n2)CCN1C(=O)O. The lowest BCUT2D eigenvalue weighted by Crippen LogP contribution is -2.45. The average molecular weight is 327 g/mol. The number of aromatic nitrogens is 2. The van der Waals surface area contributed by atoms with Crippen molar-refractivity contribution in [2.45, 2.75) is 46.1 Å². The van der Waals surface area contributed by atoms with Gasteiger partial charge >= 0.3 is 6.09 Å². The number of likely N-dealkylation sites (tertiary alicyclic amines) is 1. The first-order chi connectivity index (χ1) is 11.4. The second-order valence-electron chi connectivity index (χ2n) is 7.73. The van der Waals surface area contributed by atoms with Gasteiger partial charge in [0.2, 0.25) is 0 Å². The van der Waals surface area contributed by atoms with Gasteiger partial charge in [-0.15, -0.1) is 0 Å². The Morgan fingerprint density at radius 2 is 2.12 bits per heavy atom. The smallest absolute Gasteiger partial charge is 0.407 e. The number of hydrogen-bond acceptors (Lipinski definition) is 3. The summed E-state index contributed by atoms with van der Waals surface area (Å²) in [6.45, 7) is 7.02. The van der Waals surface area contributed by atoms with Crippen molar-refractivity contribution < 1.29 is 9.90 Å². The van der Waals surface area contributed by atoms with Crippen molar-refractivity contribution in [3.63, 3.8) is 0 Å². The zero-order valence-corrected chi connectivity index (χ0v) is 14.6. The van der Waals surface area contributed by atoms with Crippen molar-refractivity contribution in [2.75, 3.05) is 6.54 Å². The number of carboxylic acid groups (broad SMARTS) is 1. The summed E-state index contributed by atoms with van der Waals surface area (Å²) in [7, 11) is 0. The number of fused-ring (bicyclic) bond motifs is 1. The molecule has 0 saturated carbocycles. The molecule has 128 valence electrons. The molecule has 2 atom stereocenters. The van der Waals surface area contributed by atoms with Gasteiger partial charge in [-0.2, -0.15) is 0 Å². The molecule has 1 saturated heterocycles. The van der Waals surface area contributed by atoms with Crippen LogP contribution in [0.15, 0.2) is 30.5 Å². The van der Waals surface area contributed by atoms with Gasteiger partial charge in [0, 0.05) is 29.9 Å². The molecule has 1 aliphatic heterocycles. The van der Waals surface area contributed by atoms with E-state index in [-0.39, 0.29) is 11.5 Å². The number of aryl methyl sites for hydroxylation is 1. The molecule has 2 aromatic rings. The molecule has 1 N–H and O–H groups in total. The quantitative estimate of drug-likeness (QED) is 0.926. The predicted molar refractivity (Wildman–Crippen MR) is 93.9 cm³/mol. The van der Waals surface area contributed by atoms with Crippen LogP contribution < -0.4 is 0 Å². The van der Waals surface area contributed by atoms with Crippen LogP contribution >= 0.6 is 0 Å². The summed E-state index contributed by atoms with van der Waals surface area (Å²) in [5.41, 5.74) is 1.75. The van der Waals surface area contributed by atoms with Crippen molar-refractivity contribution in [1.82, 2.24) is 14.9 Å². The lowest BCUT2D eigenvalue weighted by molar-refractivity contribution is 0.0894. The highest BCUT2D eigenvalue weighted by molar-refractivity contribution is 5.74. The van der Waals surface area contributed by atoms with Gasteiger partial charge in [-0.25, -0.2) is 14.8 Å². The number of amides is 1. The van der Waals surface area contributed by atoms with E-state index in [2.05, 4.69) is 42.9 Å². The zero-order chi connectivity index (χ0) is 17.3. The Morgan fingerprint density at radius 1 is 1.33 bits per heavy atom. The van der Waals surface area contributed by atoms with E-state index >= 15 is 0 Å². The van der Waals surface area contributed by atoms with Crippen molar-refractivity contribution in [3.05, 3.63) is 36.2 Å². The molecule has 0 radical (unpaired) electrons. The van der Waals surface area contributed by atoms with Gasteiger partial charge in [0.05, 0.1) is 0 Å². The molecule has 3 heterocycles. The average Bonchev–Trinajstić information content (AvgIpc) is 2.97. The van der Waals surface area contributed by atoms with E-state index < -0.39 is 6.09 Å². The van der Waals surface area contributed by atoms with Crippen LogP contribution in [0, 0.1) is 11.3 Å². The van der Waals surface area contributed by atoms with Gasteiger partial charge in [-0.05, 0) is 54.9 Å². The van der Waals surface area contributed by atoms with E-state index in [4.69, 9.17) is 0 Å². The monoisotopic (exact) mass is 327 g/mol. The standard InChI is InChI=1S/C19H25N3O2/c1-19(2,3)16-13(10-12-22(16)18(23)24)6-8-15-9-7-14-5-4-11-20-17(14)21-15/h4-5,7,9,11,13,16H,6,8,10,12H2,1-3H3,(H,23,24). The van der Waals surface area contributed by atoms with Gasteiger partial charge in [0.1, 0.15) is 0 Å². The Balaban J connectivity index is 1.73. The maximum atomic E-state index is 11.5. The number of nitrogens with zero attached hydrogens (tertiary/aromatic N) is 3. The third-order valence-corrected chi connectivity index (χ3v) is 4.95. The molecule has 2 aromatic heterocycles. The summed E-state index contributed by atoms with van der Waals surface area (Å²) in [6.07, 6.45) is 3.70. The van der Waals surface area contributed by atoms with Crippen LogP contribution in [0.5, 0.6) is 0 Å². The van der Waals surface area contributed by atoms with E-state index in [1.165, 1.54) is 0 Å². The molecule has 2 unspecified atom stereocenters. The van der Waals surface area contributed by atoms with Gasteiger partial charge in [0.25, 0.3) is 0 Å². The zero-order valence-electron chi connectivity index (χ0n) is 14.6. The van der Waals surface area contributed by atoms with E-state index in [1.54, 1.807) is 11.1 Å². The van der Waals surface area contributed by atoms with Crippen molar-refractivity contribution >= 4 is 17.1 Å². The van der Waals surface area contributed by atoms with Gasteiger partial charge < -0.3 is 10.0 Å². The normalized spacial score (nSPS) is 21.4. The Morgan fingerprint density at radius 3 is 2.83 bits per heavy atom. The van der Waals surface area contributed by atoms with E-state index in [0.717, 1.165) is 36.0 Å². The Bertz CT molecular complexity index is 739. The van der Waals surface area contributed by atoms with Crippen LogP contribution in [0.2, 0.25) is 0 Å². The van der Waals surface area contributed by atoms with Crippen LogP contribution in [-0.2, 0) is 6.42 Å². The highest BCUT2D eigenvalue weighted by Gasteiger charge is 2.43. The lowest BCUT2D eigenvalue weighted by Gasteiger charge is -2.37. The number of rotatable bonds is 3. The van der Waals surface area contributed by atoms with E-state index in [9.17, 15) is 9.90 Å². The molecule has 0 aliphatic carbocycles. The van der Waals surface area contributed by atoms with Crippen LogP contribution in [0.3, 0.4) is 0 Å². The van der Waals surface area contributed by atoms with Crippen LogP contribution in [0.4, 0.5) is 4.79 Å². The molecule has 1 amide bonds. The topological polar surface area (TPSA) is 66.3 Å². The van der Waals surface area contributed by atoms with Crippen LogP contribution in [0.1, 0.15) is 39.3 Å². The van der Waals surface area contributed by atoms with Crippen molar-refractivity contribution in [1.29, 1.82) is 0 Å². The van der Waals surface area contributed by atoms with Crippen LogP contribution in [-0.4, -0.2) is 38.7 Å². The first-order valence-electron chi connectivity index (χ1n) is 8.56. The maximum absolute atomic E-state index is 11.5. The molecular formula is C19H25N3O2. The second-order valence-corrected chi connectivity index (χ2v) is 7.73. The summed E-state index contributed by atoms with van der Waals surface area (Å²) >= 11 is 0. The fourth-order valence-corrected chi connectivity index (χ4v) is 4.01. The second kappa shape index (κ2) is 6.38. The largest absolute Gasteiger partial charge is 0.465 e. The molecule has 0 bridgehead atoms. The van der Waals surface area contributed by atoms with Crippen molar-refractivity contribution in [3.8, 4) is 0 Å². The highest BCUT2D eigenvalue weighted by atomic mass is 16.4. The maximum Gasteiger partial charge on any atom is 0.407 e. The van der Waals surface area contributed by atoms with Gasteiger partial charge in [-0.1, -0.05) is 20.8 Å². The summed E-state index contributed by atoms with van der Waals surface area (Å²) < 4.78 is 0. The predicted octanol–water partition coefficient (Wildman–Crippen LogP) is 3.98. The Labute approximate surface area is 142 Å². The van der Waals surface area contributed by atoms with Gasteiger partial charge in [0.15, 0.2) is 5.65 Å². The molecule has 5 heteroatoms. The fraction of sp³-hybridized carbons (Fsp3) is 0.526. The Kier molecular flexibility index (Phi) is 4.43. The number of carbonyl (C=O) groups is 1. The van der Waals surface area contributed by atoms with E-state index in [1.807, 2.05) is 12.1 Å². The minimum atomic E-state index is -0.801. The van der Waals surface area contributed by atoms with Crippen molar-refractivity contribution in [2.24, 2.45) is 11.3 Å². The lowest BCUT2D eigenvalue weighted by atomic mass is 9.77. The minimum absolute atomic E-state index is 0.0576. The number of hydrogen-bond donors (Lipinski definition) is 1. The fourth-order valence-electron chi connectivity index (χ4n) is 4.01. The van der Waals surface area contributed by atoms with Gasteiger partial charge in [-0.3, -0.25) is 0 Å². The molecule has 1 aliphatic rings. The number of pyridine rings is 2. The third kappa shape index (κ3) is 3.35. The molecule has 24 heavy (non-hydrogen) atoms. The molecule has 0 spiro atoms. The highest BCUT2D eigenvalue weighted by Crippen LogP contribution is 2.39. The van der Waals surface area contributed by atoms with E-state index in [0.29, 0.717) is 12.5 Å². The first-order valence-corrected chi connectivity index (χ1v) is 8.56. The molecule has 0 aromatic carbocycles. The summed E-state index contributed by atoms with van der Waals surface area (Å²) in [6, 6.07) is 8.10. The minimum Gasteiger partial charge on any atom is -0.465 e. The molecule has 5 nitrogen and oxygen atoms in total. The molecular weight excluding hydrogens is 302 g/mol. The van der Waals surface area contributed by atoms with Crippen LogP contribution in [0.25, 0.3) is 11.0 Å². The summed E-state index contributed by atoms with van der Waals surface area (Å²) in [5, 5.41) is 10.5. The Hall–Kier alpha value is -2.17. The summed E-state index contributed by atoms with van der Waals surface area (Å²) in [4.78, 5) is 22.1. The summed E-state index contributed by atoms with van der Waals surface area (Å²) in [5.74, 6) is 0.377. The first kappa shape index (κ1) is 16.7. The molecule has 3 rings (SSSR count).